The summed E-state index contributed by atoms with van der Waals surface area (Å²) in [6.07, 6.45) is 6.42. The van der Waals surface area contributed by atoms with Crippen LogP contribution in [0.25, 0.3) is 6.08 Å². The van der Waals surface area contributed by atoms with Gasteiger partial charge in [0.1, 0.15) is 0 Å². The quantitative estimate of drug-likeness (QED) is 0.629. The third-order valence-corrected chi connectivity index (χ3v) is 1.41. The second-order valence-electron chi connectivity index (χ2n) is 2.67. The molecule has 0 aliphatic carbocycles. The monoisotopic (exact) mass is 174 g/mol. The standard InChI is InChI=1S/C9H10N4/c1-13(2)9-11-6-8(7-12-9)4-3-5-10/h3-4,6-7H,1-2H3. The average Bonchev–Trinajstić information content (AvgIpc) is 2.15. The van der Waals surface area contributed by atoms with E-state index in [1.165, 1.54) is 6.08 Å². The number of hydrogen-bond acceptors (Lipinski definition) is 4. The summed E-state index contributed by atoms with van der Waals surface area (Å²) in [5.41, 5.74) is 0.826. The summed E-state index contributed by atoms with van der Waals surface area (Å²) in [5.74, 6) is 0.661. The van der Waals surface area contributed by atoms with Crippen molar-refractivity contribution >= 4 is 12.0 Å². The van der Waals surface area contributed by atoms with Gasteiger partial charge >= 0.3 is 0 Å². The maximum atomic E-state index is 8.28. The topological polar surface area (TPSA) is 52.8 Å². The van der Waals surface area contributed by atoms with E-state index in [4.69, 9.17) is 5.26 Å². The fourth-order valence-electron chi connectivity index (χ4n) is 0.782. The number of aromatic nitrogens is 2. The first-order valence-electron chi connectivity index (χ1n) is 3.79. The summed E-state index contributed by atoms with van der Waals surface area (Å²) in [5, 5.41) is 8.28. The predicted octanol–water partition coefficient (Wildman–Crippen LogP) is 1.08. The van der Waals surface area contributed by atoms with E-state index in [9.17, 15) is 0 Å². The van der Waals surface area contributed by atoms with Crippen molar-refractivity contribution in [3.05, 3.63) is 24.0 Å². The van der Waals surface area contributed by atoms with Crippen molar-refractivity contribution in [3.8, 4) is 6.07 Å². The normalized spacial score (nSPS) is 9.92. The first-order chi connectivity index (χ1) is 6.24. The summed E-state index contributed by atoms with van der Waals surface area (Å²) >= 11 is 0. The first-order valence-corrected chi connectivity index (χ1v) is 3.79. The second kappa shape index (κ2) is 4.21. The predicted molar refractivity (Wildman–Crippen MR) is 51.0 cm³/mol. The molecule has 0 saturated carbocycles. The molecule has 4 heteroatoms. The summed E-state index contributed by atoms with van der Waals surface area (Å²) < 4.78 is 0. The fourth-order valence-corrected chi connectivity index (χ4v) is 0.782. The molecule has 13 heavy (non-hydrogen) atoms. The molecule has 0 N–H and O–H groups in total. The van der Waals surface area contributed by atoms with E-state index >= 15 is 0 Å². The van der Waals surface area contributed by atoms with Crippen LogP contribution >= 0.6 is 0 Å². The van der Waals surface area contributed by atoms with E-state index in [1.54, 1.807) is 18.5 Å². The number of rotatable bonds is 2. The Balaban J connectivity index is 2.83. The van der Waals surface area contributed by atoms with E-state index in [0.29, 0.717) is 5.95 Å². The molecule has 0 radical (unpaired) electrons. The van der Waals surface area contributed by atoms with Gasteiger partial charge in [-0.3, -0.25) is 0 Å². The molecule has 0 saturated heterocycles. The van der Waals surface area contributed by atoms with Crippen molar-refractivity contribution < 1.29 is 0 Å². The van der Waals surface area contributed by atoms with E-state index in [0.717, 1.165) is 5.56 Å². The Morgan fingerprint density at radius 2 is 2.00 bits per heavy atom. The molecule has 1 aromatic heterocycles. The van der Waals surface area contributed by atoms with Crippen LogP contribution < -0.4 is 4.90 Å². The van der Waals surface area contributed by atoms with Gasteiger partial charge in [-0.2, -0.15) is 5.26 Å². The SMILES string of the molecule is CN(C)c1ncc(C=CC#N)cn1. The molecular formula is C9H10N4. The van der Waals surface area contributed by atoms with Gasteiger partial charge in [0.25, 0.3) is 0 Å². The molecule has 0 fully saturated rings. The van der Waals surface area contributed by atoms with Crippen molar-refractivity contribution in [2.45, 2.75) is 0 Å². The highest BCUT2D eigenvalue weighted by atomic mass is 15.2. The molecule has 0 bridgehead atoms. The Morgan fingerprint density at radius 3 is 2.46 bits per heavy atom. The zero-order valence-corrected chi connectivity index (χ0v) is 7.60. The largest absolute Gasteiger partial charge is 0.347 e. The molecule has 0 unspecified atom stereocenters. The van der Waals surface area contributed by atoms with Crippen molar-refractivity contribution in [1.82, 2.24) is 9.97 Å². The van der Waals surface area contributed by atoms with E-state index in [2.05, 4.69) is 9.97 Å². The van der Waals surface area contributed by atoms with Gasteiger partial charge in [-0.05, 0) is 6.08 Å². The third-order valence-electron chi connectivity index (χ3n) is 1.41. The number of anilines is 1. The van der Waals surface area contributed by atoms with Gasteiger partial charge in [0, 0.05) is 38.1 Å². The van der Waals surface area contributed by atoms with Crippen LogP contribution in [-0.2, 0) is 0 Å². The van der Waals surface area contributed by atoms with Crippen LogP contribution in [0.5, 0.6) is 0 Å². The summed E-state index contributed by atoms with van der Waals surface area (Å²) in [7, 11) is 3.75. The zero-order chi connectivity index (χ0) is 9.68. The Hall–Kier alpha value is -1.89. The molecule has 1 aromatic rings. The highest BCUT2D eigenvalue weighted by Crippen LogP contribution is 2.03. The average molecular weight is 174 g/mol. The van der Waals surface area contributed by atoms with Gasteiger partial charge in [0.2, 0.25) is 5.95 Å². The number of hydrogen-bond donors (Lipinski definition) is 0. The first kappa shape index (κ1) is 9.20. The van der Waals surface area contributed by atoms with Crippen LogP contribution in [-0.4, -0.2) is 24.1 Å². The summed E-state index contributed by atoms with van der Waals surface area (Å²) in [6, 6.07) is 1.91. The highest BCUT2D eigenvalue weighted by Gasteiger charge is 1.96. The molecule has 4 nitrogen and oxygen atoms in total. The Bertz CT molecular complexity index is 332. The van der Waals surface area contributed by atoms with Gasteiger partial charge in [-0.15, -0.1) is 0 Å². The maximum Gasteiger partial charge on any atom is 0.224 e. The number of nitrogens with zero attached hydrogens (tertiary/aromatic N) is 4. The van der Waals surface area contributed by atoms with Crippen LogP contribution in [0.3, 0.4) is 0 Å². The molecule has 1 rings (SSSR count). The molecule has 0 atom stereocenters. The van der Waals surface area contributed by atoms with Crippen LogP contribution in [0.15, 0.2) is 18.5 Å². The van der Waals surface area contributed by atoms with Crippen LogP contribution in [0.1, 0.15) is 5.56 Å². The summed E-state index contributed by atoms with van der Waals surface area (Å²) in [4.78, 5) is 9.99. The molecule has 66 valence electrons. The minimum Gasteiger partial charge on any atom is -0.347 e. The minimum atomic E-state index is 0.661. The van der Waals surface area contributed by atoms with Crippen LogP contribution in [0.4, 0.5) is 5.95 Å². The lowest BCUT2D eigenvalue weighted by Gasteiger charge is -2.08. The van der Waals surface area contributed by atoms with Crippen molar-refractivity contribution in [1.29, 1.82) is 5.26 Å². The molecule has 0 spiro atoms. The lowest BCUT2D eigenvalue weighted by molar-refractivity contribution is 0.996. The van der Waals surface area contributed by atoms with Crippen molar-refractivity contribution in [3.63, 3.8) is 0 Å². The van der Waals surface area contributed by atoms with Crippen molar-refractivity contribution in [2.24, 2.45) is 0 Å². The van der Waals surface area contributed by atoms with Crippen LogP contribution in [0.2, 0.25) is 0 Å². The van der Waals surface area contributed by atoms with Crippen molar-refractivity contribution in [2.75, 3.05) is 19.0 Å². The molecule has 0 amide bonds. The Labute approximate surface area is 77.2 Å². The smallest absolute Gasteiger partial charge is 0.224 e. The van der Waals surface area contributed by atoms with Gasteiger partial charge in [0.05, 0.1) is 6.07 Å². The summed E-state index contributed by atoms with van der Waals surface area (Å²) in [6.45, 7) is 0. The van der Waals surface area contributed by atoms with Gasteiger partial charge in [-0.1, -0.05) is 0 Å². The Morgan fingerprint density at radius 1 is 1.38 bits per heavy atom. The maximum absolute atomic E-state index is 8.28. The van der Waals surface area contributed by atoms with Gasteiger partial charge in [0.15, 0.2) is 0 Å². The van der Waals surface area contributed by atoms with E-state index < -0.39 is 0 Å². The van der Waals surface area contributed by atoms with Gasteiger partial charge < -0.3 is 4.90 Å². The lowest BCUT2D eigenvalue weighted by Crippen LogP contribution is -2.12. The zero-order valence-electron chi connectivity index (χ0n) is 7.60. The fraction of sp³-hybridized carbons (Fsp3) is 0.222. The van der Waals surface area contributed by atoms with E-state index in [-0.39, 0.29) is 0 Å². The molecule has 0 aromatic carbocycles. The highest BCUT2D eigenvalue weighted by molar-refractivity contribution is 5.50. The minimum absolute atomic E-state index is 0.661. The van der Waals surface area contributed by atoms with Crippen LogP contribution in [0, 0.1) is 11.3 Å². The molecule has 1 heterocycles. The number of nitriles is 1. The second-order valence-corrected chi connectivity index (χ2v) is 2.67. The molecular weight excluding hydrogens is 164 g/mol. The Kier molecular flexibility index (Phi) is 2.98. The van der Waals surface area contributed by atoms with Gasteiger partial charge in [-0.25, -0.2) is 9.97 Å². The lowest BCUT2D eigenvalue weighted by atomic mass is 10.3. The molecule has 0 aliphatic rings. The molecule has 0 aliphatic heterocycles. The van der Waals surface area contributed by atoms with E-state index in [1.807, 2.05) is 25.1 Å². The third kappa shape index (κ3) is 2.56. The number of allylic oxidation sites excluding steroid dienone is 1.